The molecule has 6 nitrogen and oxygen atoms in total. The van der Waals surface area contributed by atoms with Crippen LogP contribution in [0.5, 0.6) is 0 Å². The summed E-state index contributed by atoms with van der Waals surface area (Å²) >= 11 is 0. The summed E-state index contributed by atoms with van der Waals surface area (Å²) in [6.07, 6.45) is 81.5. The van der Waals surface area contributed by atoms with Crippen LogP contribution in [0.1, 0.15) is 310 Å². The molecular weight excluding hydrogens is 913 g/mol. The van der Waals surface area contributed by atoms with Gasteiger partial charge in [-0.05, 0) is 77.0 Å². The van der Waals surface area contributed by atoms with Crippen LogP contribution in [0.4, 0.5) is 0 Å². The van der Waals surface area contributed by atoms with E-state index in [4.69, 9.17) is 14.2 Å². The van der Waals surface area contributed by atoms with Crippen LogP contribution >= 0.6 is 0 Å². The molecule has 0 aliphatic carbocycles. The third kappa shape index (κ3) is 59.5. The van der Waals surface area contributed by atoms with Crippen LogP contribution in [0.3, 0.4) is 0 Å². The molecule has 0 fully saturated rings. The van der Waals surface area contributed by atoms with E-state index in [-0.39, 0.29) is 31.1 Å². The van der Waals surface area contributed by atoms with E-state index in [9.17, 15) is 14.4 Å². The minimum Gasteiger partial charge on any atom is -0.462 e. The number of esters is 3. The Bertz CT molecular complexity index is 1420. The molecule has 426 valence electrons. The first-order chi connectivity index (χ1) is 36.5. The first kappa shape index (κ1) is 70.6. The monoisotopic (exact) mass is 1030 g/mol. The van der Waals surface area contributed by atoms with Gasteiger partial charge in [-0.15, -0.1) is 0 Å². The third-order valence-corrected chi connectivity index (χ3v) is 13.7. The number of rotatable bonds is 57. The largest absolute Gasteiger partial charge is 0.462 e. The highest BCUT2D eigenvalue weighted by Gasteiger charge is 2.19. The normalized spacial score (nSPS) is 12.6. The smallest absolute Gasteiger partial charge is 0.306 e. The van der Waals surface area contributed by atoms with Crippen LogP contribution in [0, 0.1) is 0 Å². The summed E-state index contributed by atoms with van der Waals surface area (Å²) < 4.78 is 16.9. The Balaban J connectivity index is 4.27. The van der Waals surface area contributed by atoms with E-state index in [1.807, 2.05) is 0 Å². The van der Waals surface area contributed by atoms with Gasteiger partial charge >= 0.3 is 17.9 Å². The molecule has 0 aliphatic heterocycles. The minimum absolute atomic E-state index is 0.0752. The Hall–Kier alpha value is -3.41. The summed E-state index contributed by atoms with van der Waals surface area (Å²) in [4.78, 5) is 38.2. The van der Waals surface area contributed by atoms with E-state index in [1.165, 1.54) is 161 Å². The molecule has 0 spiro atoms. The highest BCUT2D eigenvalue weighted by atomic mass is 16.6. The lowest BCUT2D eigenvalue weighted by Crippen LogP contribution is -2.30. The average Bonchev–Trinajstić information content (AvgIpc) is 3.40. The maximum atomic E-state index is 12.9. The van der Waals surface area contributed by atoms with Crippen molar-refractivity contribution in [2.24, 2.45) is 0 Å². The summed E-state index contributed by atoms with van der Waals surface area (Å²) in [5, 5.41) is 0. The standard InChI is InChI=1S/C68H118O6/c1-4-7-10-13-16-19-22-25-27-28-29-30-31-32-33-34-35-36-37-38-39-40-42-43-46-49-52-55-58-61-67(70)73-64-65(63-72-66(69)60-57-54-51-48-45-24-21-18-15-12-9-6-3)74-68(71)62-59-56-53-50-47-44-41-26-23-20-17-14-11-8-5-2/h7,10,16,19,25,27,29-30,32-33,35-36,38-39,65H,4-6,8-9,11-15,17-18,20-24,26,28,31,34,37,40-64H2,1-3H3/b10-7-,19-16-,27-25-,30-29-,33-32-,36-35-,39-38-. The molecule has 1 unspecified atom stereocenters. The van der Waals surface area contributed by atoms with E-state index >= 15 is 0 Å². The molecule has 0 N–H and O–H groups in total. The van der Waals surface area contributed by atoms with Gasteiger partial charge in [0, 0.05) is 19.3 Å². The van der Waals surface area contributed by atoms with Crippen LogP contribution in [0.2, 0.25) is 0 Å². The number of unbranched alkanes of at least 4 members (excludes halogenated alkanes) is 32. The fourth-order valence-electron chi connectivity index (χ4n) is 8.95. The van der Waals surface area contributed by atoms with Gasteiger partial charge in [0.25, 0.3) is 0 Å². The zero-order valence-electron chi connectivity index (χ0n) is 48.8. The minimum atomic E-state index is -0.778. The Labute approximate surface area is 458 Å². The first-order valence-corrected chi connectivity index (χ1v) is 31.6. The summed E-state index contributed by atoms with van der Waals surface area (Å²) in [6, 6.07) is 0. The predicted molar refractivity (Wildman–Crippen MR) is 321 cm³/mol. The van der Waals surface area contributed by atoms with E-state index in [1.54, 1.807) is 0 Å². The number of hydrogen-bond donors (Lipinski definition) is 0. The Morgan fingerprint density at radius 2 is 0.527 bits per heavy atom. The predicted octanol–water partition coefficient (Wildman–Crippen LogP) is 21.5. The molecule has 0 heterocycles. The Kier molecular flexibility index (Phi) is 59.3. The first-order valence-electron chi connectivity index (χ1n) is 31.6. The number of allylic oxidation sites excluding steroid dienone is 14. The van der Waals surface area contributed by atoms with Crippen LogP contribution in [-0.2, 0) is 28.6 Å². The van der Waals surface area contributed by atoms with Crippen LogP contribution < -0.4 is 0 Å². The molecule has 0 aromatic rings. The van der Waals surface area contributed by atoms with Gasteiger partial charge in [-0.1, -0.05) is 298 Å². The molecule has 74 heavy (non-hydrogen) atoms. The second-order valence-electron chi connectivity index (χ2n) is 21.0. The van der Waals surface area contributed by atoms with Crippen LogP contribution in [0.25, 0.3) is 0 Å². The molecule has 0 saturated carbocycles. The van der Waals surface area contributed by atoms with Gasteiger partial charge in [-0.3, -0.25) is 14.4 Å². The van der Waals surface area contributed by atoms with Crippen molar-refractivity contribution < 1.29 is 28.6 Å². The summed E-state index contributed by atoms with van der Waals surface area (Å²) in [7, 11) is 0. The van der Waals surface area contributed by atoms with Crippen molar-refractivity contribution in [2.45, 2.75) is 316 Å². The Morgan fingerprint density at radius 3 is 0.824 bits per heavy atom. The van der Waals surface area contributed by atoms with E-state index in [0.29, 0.717) is 19.3 Å². The lowest BCUT2D eigenvalue weighted by molar-refractivity contribution is -0.167. The van der Waals surface area contributed by atoms with E-state index in [2.05, 4.69) is 106 Å². The third-order valence-electron chi connectivity index (χ3n) is 13.7. The quantitative estimate of drug-likeness (QED) is 0.0261. The van der Waals surface area contributed by atoms with Crippen molar-refractivity contribution in [3.8, 4) is 0 Å². The van der Waals surface area contributed by atoms with Gasteiger partial charge in [-0.2, -0.15) is 0 Å². The molecule has 0 aliphatic rings. The fraction of sp³-hybridized carbons (Fsp3) is 0.750. The van der Waals surface area contributed by atoms with E-state index < -0.39 is 6.10 Å². The van der Waals surface area contributed by atoms with Gasteiger partial charge in [0.2, 0.25) is 0 Å². The second kappa shape index (κ2) is 62.1. The van der Waals surface area contributed by atoms with Gasteiger partial charge in [0.05, 0.1) is 0 Å². The zero-order chi connectivity index (χ0) is 53.6. The van der Waals surface area contributed by atoms with Gasteiger partial charge < -0.3 is 14.2 Å². The number of carbonyl (C=O) groups is 3. The van der Waals surface area contributed by atoms with Crippen LogP contribution in [0.15, 0.2) is 85.1 Å². The number of ether oxygens (including phenoxy) is 3. The van der Waals surface area contributed by atoms with Crippen molar-refractivity contribution in [1.82, 2.24) is 0 Å². The van der Waals surface area contributed by atoms with Gasteiger partial charge in [0.15, 0.2) is 6.10 Å². The number of hydrogen-bond acceptors (Lipinski definition) is 6. The molecule has 0 aromatic carbocycles. The van der Waals surface area contributed by atoms with Crippen LogP contribution in [-0.4, -0.2) is 37.2 Å². The molecule has 1 atom stereocenters. The Morgan fingerprint density at radius 1 is 0.284 bits per heavy atom. The van der Waals surface area contributed by atoms with Crippen molar-refractivity contribution in [1.29, 1.82) is 0 Å². The molecule has 0 bridgehead atoms. The summed E-state index contributed by atoms with van der Waals surface area (Å²) in [5.41, 5.74) is 0. The van der Waals surface area contributed by atoms with Gasteiger partial charge in [0.1, 0.15) is 13.2 Å². The number of carbonyl (C=O) groups excluding carboxylic acids is 3. The summed E-state index contributed by atoms with van der Waals surface area (Å²) in [5.74, 6) is -0.873. The topological polar surface area (TPSA) is 78.9 Å². The molecule has 6 heteroatoms. The molecule has 0 saturated heterocycles. The van der Waals surface area contributed by atoms with Crippen molar-refractivity contribution in [3.63, 3.8) is 0 Å². The molecular formula is C68H118O6. The average molecular weight is 1030 g/mol. The molecule has 0 radical (unpaired) electrons. The summed E-state index contributed by atoms with van der Waals surface area (Å²) in [6.45, 7) is 6.54. The second-order valence-corrected chi connectivity index (χ2v) is 21.0. The lowest BCUT2D eigenvalue weighted by Gasteiger charge is -2.18. The molecule has 0 amide bonds. The molecule has 0 aromatic heterocycles. The van der Waals surface area contributed by atoms with Crippen molar-refractivity contribution in [3.05, 3.63) is 85.1 Å². The van der Waals surface area contributed by atoms with Gasteiger partial charge in [-0.25, -0.2) is 0 Å². The zero-order valence-corrected chi connectivity index (χ0v) is 48.8. The van der Waals surface area contributed by atoms with E-state index in [0.717, 1.165) is 109 Å². The SMILES string of the molecule is CC/C=C\C/C=C\C/C=C\C/C=C\C/C=C\C/C=C\C/C=C\CCCCCCCCCC(=O)OCC(COC(=O)CCCCCCCCCCCCCC)OC(=O)CCCCCCCCCCCCCCCCC. The fourth-order valence-corrected chi connectivity index (χ4v) is 8.95. The van der Waals surface area contributed by atoms with Crippen molar-refractivity contribution >= 4 is 17.9 Å². The maximum absolute atomic E-state index is 12.9. The highest BCUT2D eigenvalue weighted by Crippen LogP contribution is 2.17. The lowest BCUT2D eigenvalue weighted by atomic mass is 10.0. The van der Waals surface area contributed by atoms with Crippen molar-refractivity contribution in [2.75, 3.05) is 13.2 Å². The molecule has 0 rings (SSSR count). The maximum Gasteiger partial charge on any atom is 0.306 e. The highest BCUT2D eigenvalue weighted by molar-refractivity contribution is 5.71.